The van der Waals surface area contributed by atoms with Crippen LogP contribution in [-0.2, 0) is 4.79 Å². The topological polar surface area (TPSA) is 163 Å². The molecule has 39 heavy (non-hydrogen) atoms. The van der Waals surface area contributed by atoms with Crippen LogP contribution in [0.2, 0.25) is 0 Å². The number of rotatable bonds is 8. The van der Waals surface area contributed by atoms with E-state index < -0.39 is 11.4 Å². The van der Waals surface area contributed by atoms with Gasteiger partial charge >= 0.3 is 5.97 Å². The van der Waals surface area contributed by atoms with Crippen LogP contribution in [0, 0.1) is 30.6 Å². The molecule has 5 rings (SSSR count). The molecule has 3 aromatic rings. The number of hydrogen-bond donors (Lipinski definition) is 5. The first-order valence-electron chi connectivity index (χ1n) is 13.4. The summed E-state index contributed by atoms with van der Waals surface area (Å²) in [5.41, 5.74) is 11.0. The van der Waals surface area contributed by atoms with Gasteiger partial charge in [-0.25, -0.2) is 9.97 Å². The number of hydrogen-bond acceptors (Lipinski definition) is 9. The summed E-state index contributed by atoms with van der Waals surface area (Å²) in [6, 6.07) is 4.55. The van der Waals surface area contributed by atoms with Crippen LogP contribution in [0.15, 0.2) is 46.8 Å². The van der Waals surface area contributed by atoms with Crippen molar-refractivity contribution in [1.29, 1.82) is 5.41 Å². The molecule has 1 fully saturated rings. The predicted octanol–water partition coefficient (Wildman–Crippen LogP) is 5.59. The average Bonchev–Trinajstić information content (AvgIpc) is 3.32. The SMILES string of the molecule is CCC1(C(=O)O)CCC(Nc2ncnc(N)c2C(=N)C2C=CC(Nc3nc4cc(C)cc(C)c4o3)=CC2)CC1. The van der Waals surface area contributed by atoms with Crippen molar-refractivity contribution in [2.45, 2.75) is 65.3 Å². The number of oxazole rings is 1. The first-order chi connectivity index (χ1) is 18.7. The quantitative estimate of drug-likeness (QED) is 0.234. The Hall–Kier alpha value is -4.21. The maximum atomic E-state index is 11.8. The van der Waals surface area contributed by atoms with Crippen LogP contribution in [0.5, 0.6) is 0 Å². The summed E-state index contributed by atoms with van der Waals surface area (Å²) < 4.78 is 5.92. The molecule has 1 unspecified atom stereocenters. The van der Waals surface area contributed by atoms with Gasteiger partial charge in [-0.15, -0.1) is 0 Å². The normalized spacial score (nSPS) is 22.9. The second kappa shape index (κ2) is 10.5. The van der Waals surface area contributed by atoms with E-state index in [0.717, 1.165) is 27.9 Å². The van der Waals surface area contributed by atoms with Crippen molar-refractivity contribution in [3.8, 4) is 0 Å². The van der Waals surface area contributed by atoms with E-state index in [9.17, 15) is 9.90 Å². The summed E-state index contributed by atoms with van der Waals surface area (Å²) in [6.07, 6.45) is 11.1. The van der Waals surface area contributed by atoms with Crippen LogP contribution in [0.3, 0.4) is 0 Å². The van der Waals surface area contributed by atoms with Crippen LogP contribution >= 0.6 is 0 Å². The molecule has 2 heterocycles. The first kappa shape index (κ1) is 26.4. The lowest BCUT2D eigenvalue weighted by Gasteiger charge is -2.36. The monoisotopic (exact) mass is 529 g/mol. The minimum atomic E-state index is -0.718. The largest absolute Gasteiger partial charge is 0.481 e. The molecule has 0 aliphatic heterocycles. The Morgan fingerprint density at radius 2 is 2.03 bits per heavy atom. The smallest absolute Gasteiger partial charge is 0.309 e. The van der Waals surface area contributed by atoms with Gasteiger partial charge in [-0.3, -0.25) is 4.79 Å². The lowest BCUT2D eigenvalue weighted by molar-refractivity contribution is -0.151. The van der Waals surface area contributed by atoms with Crippen LogP contribution < -0.4 is 16.4 Å². The van der Waals surface area contributed by atoms with E-state index in [1.54, 1.807) is 0 Å². The van der Waals surface area contributed by atoms with E-state index in [1.807, 2.05) is 45.1 Å². The fourth-order valence-corrected chi connectivity index (χ4v) is 5.67. The summed E-state index contributed by atoms with van der Waals surface area (Å²) in [6.45, 7) is 5.98. The Bertz CT molecular complexity index is 1480. The molecular formula is C29H35N7O3. The zero-order chi connectivity index (χ0) is 27.7. The maximum absolute atomic E-state index is 11.8. The minimum absolute atomic E-state index is 0.0613. The highest BCUT2D eigenvalue weighted by atomic mass is 16.4. The Morgan fingerprint density at radius 1 is 1.26 bits per heavy atom. The number of carboxylic acids is 1. The number of nitrogen functional groups attached to an aromatic ring is 1. The van der Waals surface area contributed by atoms with E-state index in [1.165, 1.54) is 6.33 Å². The van der Waals surface area contributed by atoms with E-state index >= 15 is 0 Å². The van der Waals surface area contributed by atoms with Gasteiger partial charge in [-0.05, 0) is 75.6 Å². The number of aliphatic carboxylic acids is 1. The number of anilines is 3. The van der Waals surface area contributed by atoms with Gasteiger partial charge in [0.15, 0.2) is 5.58 Å². The van der Waals surface area contributed by atoms with Gasteiger partial charge in [0.25, 0.3) is 6.01 Å². The lowest BCUT2D eigenvalue weighted by atomic mass is 9.71. The van der Waals surface area contributed by atoms with Crippen LogP contribution in [0.4, 0.5) is 17.7 Å². The highest BCUT2D eigenvalue weighted by molar-refractivity contribution is 6.08. The van der Waals surface area contributed by atoms with Gasteiger partial charge in [0.05, 0.1) is 16.7 Å². The van der Waals surface area contributed by atoms with Crippen molar-refractivity contribution in [1.82, 2.24) is 15.0 Å². The Balaban J connectivity index is 1.26. The third kappa shape index (κ3) is 5.23. The Labute approximate surface area is 227 Å². The number of carbonyl (C=O) groups is 1. The van der Waals surface area contributed by atoms with Crippen LogP contribution in [0.25, 0.3) is 11.1 Å². The maximum Gasteiger partial charge on any atom is 0.309 e. The third-order valence-electron chi connectivity index (χ3n) is 8.10. The van der Waals surface area contributed by atoms with Crippen molar-refractivity contribution in [2.75, 3.05) is 16.4 Å². The Kier molecular flexibility index (Phi) is 7.12. The molecule has 1 aromatic carbocycles. The van der Waals surface area contributed by atoms with E-state index in [0.29, 0.717) is 61.6 Å². The molecule has 10 nitrogen and oxygen atoms in total. The second-order valence-electron chi connectivity index (χ2n) is 10.7. The van der Waals surface area contributed by atoms with Crippen LogP contribution in [0.1, 0.15) is 62.1 Å². The van der Waals surface area contributed by atoms with E-state index in [-0.39, 0.29) is 17.8 Å². The molecule has 0 radical (unpaired) electrons. The number of aryl methyl sites for hydroxylation is 2. The molecule has 2 aliphatic carbocycles. The fourth-order valence-electron chi connectivity index (χ4n) is 5.67. The Morgan fingerprint density at radius 3 is 2.69 bits per heavy atom. The summed E-state index contributed by atoms with van der Waals surface area (Å²) in [5.74, 6) is -0.149. The number of fused-ring (bicyclic) bond motifs is 1. The lowest BCUT2D eigenvalue weighted by Crippen LogP contribution is -2.39. The molecule has 0 amide bonds. The molecule has 2 aliphatic rings. The highest BCUT2D eigenvalue weighted by Gasteiger charge is 2.40. The van der Waals surface area contributed by atoms with Gasteiger partial charge in [0.1, 0.15) is 23.5 Å². The van der Waals surface area contributed by atoms with Gasteiger partial charge in [-0.1, -0.05) is 25.1 Å². The summed E-state index contributed by atoms with van der Waals surface area (Å²) >= 11 is 0. The third-order valence-corrected chi connectivity index (χ3v) is 8.10. The molecule has 1 saturated carbocycles. The zero-order valence-electron chi connectivity index (χ0n) is 22.5. The molecular weight excluding hydrogens is 494 g/mol. The number of aromatic nitrogens is 3. The number of carboxylic acid groups (broad SMARTS) is 1. The van der Waals surface area contributed by atoms with Crippen molar-refractivity contribution in [3.63, 3.8) is 0 Å². The van der Waals surface area contributed by atoms with Gasteiger partial charge in [-0.2, -0.15) is 4.98 Å². The standard InChI is InChI=1S/C29H35N7O3/c1-4-29(27(37)38)11-9-20(10-12-29)34-26-22(25(31)32-15-33-26)23(30)18-5-7-19(8-6-18)35-28-36-21-14-16(2)13-17(3)24(21)39-28/h5,7-8,13-15,18,20,30H,4,6,9-12H2,1-3H3,(H,35,36)(H,37,38)(H3,31,32,33,34). The van der Waals surface area contributed by atoms with Crippen LogP contribution in [-0.4, -0.2) is 37.8 Å². The van der Waals surface area contributed by atoms with Gasteiger partial charge < -0.3 is 31.3 Å². The molecule has 10 heteroatoms. The number of benzene rings is 1. The predicted molar refractivity (Wildman–Crippen MR) is 152 cm³/mol. The van der Waals surface area contributed by atoms with Crippen molar-refractivity contribution < 1.29 is 14.3 Å². The molecule has 204 valence electrons. The number of nitrogens with zero attached hydrogens (tertiary/aromatic N) is 3. The molecule has 6 N–H and O–H groups in total. The first-order valence-corrected chi connectivity index (χ1v) is 13.4. The molecule has 2 aromatic heterocycles. The zero-order valence-corrected chi connectivity index (χ0v) is 22.5. The highest BCUT2D eigenvalue weighted by Crippen LogP contribution is 2.40. The second-order valence-corrected chi connectivity index (χ2v) is 10.7. The number of nitrogens with two attached hydrogens (primary N) is 1. The minimum Gasteiger partial charge on any atom is -0.481 e. The summed E-state index contributed by atoms with van der Waals surface area (Å²) in [4.78, 5) is 24.9. The van der Waals surface area contributed by atoms with Gasteiger partial charge in [0, 0.05) is 17.7 Å². The van der Waals surface area contributed by atoms with E-state index in [2.05, 4.69) is 31.7 Å². The average molecular weight is 530 g/mol. The van der Waals surface area contributed by atoms with Crippen molar-refractivity contribution in [3.05, 3.63) is 59.1 Å². The molecule has 0 spiro atoms. The van der Waals surface area contributed by atoms with Crippen molar-refractivity contribution in [2.24, 2.45) is 11.3 Å². The molecule has 0 bridgehead atoms. The number of allylic oxidation sites excluding steroid dienone is 3. The van der Waals surface area contributed by atoms with Crippen molar-refractivity contribution >= 4 is 40.4 Å². The number of nitrogens with one attached hydrogen (secondary N) is 3. The summed E-state index contributed by atoms with van der Waals surface area (Å²) in [7, 11) is 0. The molecule has 1 atom stereocenters. The molecule has 0 saturated heterocycles. The van der Waals surface area contributed by atoms with E-state index in [4.69, 9.17) is 15.6 Å². The summed E-state index contributed by atoms with van der Waals surface area (Å²) in [5, 5.41) is 25.3. The van der Waals surface area contributed by atoms with Gasteiger partial charge in [0.2, 0.25) is 0 Å². The fraction of sp³-hybridized carbons (Fsp3) is 0.414.